The third-order valence-corrected chi connectivity index (χ3v) is 2.79. The molecule has 1 N–H and O–H groups in total. The second kappa shape index (κ2) is 7.98. The van der Waals surface area contributed by atoms with Crippen molar-refractivity contribution in [3.05, 3.63) is 24.3 Å². The molecule has 0 atom stereocenters. The Labute approximate surface area is 111 Å². The number of rotatable bonds is 8. The van der Waals surface area contributed by atoms with Crippen LogP contribution in [0.15, 0.2) is 24.3 Å². The lowest BCUT2D eigenvalue weighted by Crippen LogP contribution is -2.15. The van der Waals surface area contributed by atoms with Crippen LogP contribution < -0.4 is 10.2 Å². The predicted molar refractivity (Wildman–Crippen MR) is 79.5 cm³/mol. The van der Waals surface area contributed by atoms with E-state index in [0.717, 1.165) is 31.9 Å². The zero-order valence-electron chi connectivity index (χ0n) is 12.1. The van der Waals surface area contributed by atoms with E-state index < -0.39 is 0 Å². The molecule has 0 amide bonds. The van der Waals surface area contributed by atoms with Crippen LogP contribution in [0.25, 0.3) is 0 Å². The first-order valence-electron chi connectivity index (χ1n) is 6.69. The molecule has 0 radical (unpaired) electrons. The number of anilines is 2. The minimum atomic E-state index is 0.715. The molecule has 0 fully saturated rings. The zero-order chi connectivity index (χ0) is 13.4. The van der Waals surface area contributed by atoms with Crippen molar-refractivity contribution >= 4 is 11.4 Å². The molecule has 0 spiro atoms. The standard InChI is InChI=1S/C15H26N2O/c1-13(2)9-11-18-12-10-16-14-7-5-6-8-15(14)17(3)4/h5-8,13,16H,9-12H2,1-4H3. The quantitative estimate of drug-likeness (QED) is 0.717. The van der Waals surface area contributed by atoms with Gasteiger partial charge in [-0.25, -0.2) is 0 Å². The first-order valence-corrected chi connectivity index (χ1v) is 6.69. The van der Waals surface area contributed by atoms with Gasteiger partial charge in [-0.2, -0.15) is 0 Å². The Morgan fingerprint density at radius 1 is 1.17 bits per heavy atom. The summed E-state index contributed by atoms with van der Waals surface area (Å²) in [6, 6.07) is 8.32. The molecular formula is C15H26N2O. The van der Waals surface area contributed by atoms with Gasteiger partial charge in [-0.15, -0.1) is 0 Å². The fourth-order valence-electron chi connectivity index (χ4n) is 1.69. The molecule has 102 valence electrons. The van der Waals surface area contributed by atoms with Gasteiger partial charge in [-0.3, -0.25) is 0 Å². The van der Waals surface area contributed by atoms with Crippen molar-refractivity contribution in [2.24, 2.45) is 5.92 Å². The van der Waals surface area contributed by atoms with Crippen LogP contribution in [0.1, 0.15) is 20.3 Å². The summed E-state index contributed by atoms with van der Waals surface area (Å²) < 4.78 is 5.59. The second-order valence-electron chi connectivity index (χ2n) is 5.13. The molecule has 0 aliphatic carbocycles. The molecule has 0 aliphatic heterocycles. The molecule has 0 heterocycles. The molecule has 0 saturated heterocycles. The summed E-state index contributed by atoms with van der Waals surface area (Å²) in [5.41, 5.74) is 2.37. The molecule has 0 unspecified atom stereocenters. The summed E-state index contributed by atoms with van der Waals surface area (Å²) in [4.78, 5) is 2.11. The molecule has 0 aliphatic rings. The SMILES string of the molecule is CC(C)CCOCCNc1ccccc1N(C)C. The maximum atomic E-state index is 5.59. The minimum absolute atomic E-state index is 0.715. The number of ether oxygens (including phenoxy) is 1. The van der Waals surface area contributed by atoms with Crippen molar-refractivity contribution in [1.82, 2.24) is 0 Å². The Bertz CT molecular complexity index is 337. The van der Waals surface area contributed by atoms with Crippen molar-refractivity contribution in [2.45, 2.75) is 20.3 Å². The van der Waals surface area contributed by atoms with Crippen LogP contribution in [0.4, 0.5) is 11.4 Å². The maximum Gasteiger partial charge on any atom is 0.0639 e. The van der Waals surface area contributed by atoms with Gasteiger partial charge in [-0.05, 0) is 24.5 Å². The van der Waals surface area contributed by atoms with Gasteiger partial charge in [0.25, 0.3) is 0 Å². The molecule has 0 aromatic heterocycles. The summed E-state index contributed by atoms with van der Waals surface area (Å²) in [6.45, 7) is 6.90. The number of nitrogens with zero attached hydrogens (tertiary/aromatic N) is 1. The number of nitrogens with one attached hydrogen (secondary N) is 1. The maximum absolute atomic E-state index is 5.59. The van der Waals surface area contributed by atoms with Crippen LogP contribution in [-0.2, 0) is 4.74 Å². The van der Waals surface area contributed by atoms with Gasteiger partial charge in [0.15, 0.2) is 0 Å². The molecular weight excluding hydrogens is 224 g/mol. The van der Waals surface area contributed by atoms with Gasteiger partial charge in [-0.1, -0.05) is 26.0 Å². The number of para-hydroxylation sites is 2. The molecule has 18 heavy (non-hydrogen) atoms. The van der Waals surface area contributed by atoms with Crippen molar-refractivity contribution < 1.29 is 4.74 Å². The lowest BCUT2D eigenvalue weighted by Gasteiger charge is -2.18. The second-order valence-corrected chi connectivity index (χ2v) is 5.13. The van der Waals surface area contributed by atoms with Gasteiger partial charge >= 0.3 is 0 Å². The van der Waals surface area contributed by atoms with Crippen LogP contribution in [0.2, 0.25) is 0 Å². The third kappa shape index (κ3) is 5.41. The van der Waals surface area contributed by atoms with E-state index in [2.05, 4.69) is 62.4 Å². The van der Waals surface area contributed by atoms with Crippen LogP contribution >= 0.6 is 0 Å². The topological polar surface area (TPSA) is 24.5 Å². The summed E-state index contributed by atoms with van der Waals surface area (Å²) in [5, 5.41) is 3.42. The van der Waals surface area contributed by atoms with E-state index >= 15 is 0 Å². The van der Waals surface area contributed by atoms with Gasteiger partial charge < -0.3 is 15.0 Å². The smallest absolute Gasteiger partial charge is 0.0639 e. The van der Waals surface area contributed by atoms with E-state index in [1.807, 2.05) is 0 Å². The number of hydrogen-bond donors (Lipinski definition) is 1. The molecule has 0 bridgehead atoms. The summed E-state index contributed by atoms with van der Waals surface area (Å²) in [6.07, 6.45) is 1.13. The zero-order valence-corrected chi connectivity index (χ0v) is 12.1. The molecule has 1 aromatic rings. The minimum Gasteiger partial charge on any atom is -0.381 e. The Kier molecular flexibility index (Phi) is 6.58. The number of benzene rings is 1. The van der Waals surface area contributed by atoms with Crippen molar-refractivity contribution in [3.63, 3.8) is 0 Å². The van der Waals surface area contributed by atoms with E-state index in [9.17, 15) is 0 Å². The Hall–Kier alpha value is -1.22. The molecule has 0 saturated carbocycles. The van der Waals surface area contributed by atoms with Gasteiger partial charge in [0.2, 0.25) is 0 Å². The lowest BCUT2D eigenvalue weighted by atomic mass is 10.1. The van der Waals surface area contributed by atoms with Crippen LogP contribution in [0.5, 0.6) is 0 Å². The van der Waals surface area contributed by atoms with Gasteiger partial charge in [0.1, 0.15) is 0 Å². The number of hydrogen-bond acceptors (Lipinski definition) is 3. The van der Waals surface area contributed by atoms with Crippen LogP contribution in [0.3, 0.4) is 0 Å². The highest BCUT2D eigenvalue weighted by Gasteiger charge is 2.02. The van der Waals surface area contributed by atoms with Crippen molar-refractivity contribution in [1.29, 1.82) is 0 Å². The predicted octanol–water partition coefficient (Wildman–Crippen LogP) is 3.23. The van der Waals surface area contributed by atoms with E-state index in [4.69, 9.17) is 4.74 Å². The fraction of sp³-hybridized carbons (Fsp3) is 0.600. The van der Waals surface area contributed by atoms with Crippen LogP contribution in [-0.4, -0.2) is 33.9 Å². The normalized spacial score (nSPS) is 10.7. The molecule has 1 rings (SSSR count). The lowest BCUT2D eigenvalue weighted by molar-refractivity contribution is 0.132. The monoisotopic (exact) mass is 250 g/mol. The van der Waals surface area contributed by atoms with E-state index in [1.54, 1.807) is 0 Å². The third-order valence-electron chi connectivity index (χ3n) is 2.79. The van der Waals surface area contributed by atoms with Crippen LogP contribution in [0, 0.1) is 5.92 Å². The highest BCUT2D eigenvalue weighted by Crippen LogP contribution is 2.22. The molecule has 1 aromatic carbocycles. The Morgan fingerprint density at radius 3 is 2.56 bits per heavy atom. The molecule has 3 nitrogen and oxygen atoms in total. The first kappa shape index (κ1) is 14.8. The van der Waals surface area contributed by atoms with E-state index in [0.29, 0.717) is 5.92 Å². The summed E-state index contributed by atoms with van der Waals surface area (Å²) >= 11 is 0. The Morgan fingerprint density at radius 2 is 1.89 bits per heavy atom. The summed E-state index contributed by atoms with van der Waals surface area (Å²) in [7, 11) is 4.11. The Balaban J connectivity index is 2.27. The van der Waals surface area contributed by atoms with Crippen molar-refractivity contribution in [3.8, 4) is 0 Å². The largest absolute Gasteiger partial charge is 0.381 e. The van der Waals surface area contributed by atoms with Crippen molar-refractivity contribution in [2.75, 3.05) is 44.1 Å². The summed E-state index contributed by atoms with van der Waals surface area (Å²) in [5.74, 6) is 0.715. The fourth-order valence-corrected chi connectivity index (χ4v) is 1.69. The average molecular weight is 250 g/mol. The van der Waals surface area contributed by atoms with E-state index in [-0.39, 0.29) is 0 Å². The first-order chi connectivity index (χ1) is 8.61. The average Bonchev–Trinajstić information content (AvgIpc) is 2.33. The molecule has 3 heteroatoms. The van der Waals surface area contributed by atoms with Gasteiger partial charge in [0, 0.05) is 27.2 Å². The highest BCUT2D eigenvalue weighted by atomic mass is 16.5. The highest BCUT2D eigenvalue weighted by molar-refractivity contribution is 5.69. The van der Waals surface area contributed by atoms with Gasteiger partial charge in [0.05, 0.1) is 18.0 Å². The van der Waals surface area contributed by atoms with E-state index in [1.165, 1.54) is 5.69 Å².